The predicted octanol–water partition coefficient (Wildman–Crippen LogP) is 3.65. The van der Waals surface area contributed by atoms with Crippen LogP contribution < -0.4 is 0 Å². The number of carbonyl (C=O) groups is 1. The molecule has 0 saturated carbocycles. The quantitative estimate of drug-likeness (QED) is 0.846. The van der Waals surface area contributed by atoms with E-state index in [4.69, 9.17) is 23.2 Å². The zero-order valence-electron chi connectivity index (χ0n) is 11.5. The first-order valence-corrected chi connectivity index (χ1v) is 7.43. The first kappa shape index (κ1) is 16.1. The fourth-order valence-electron chi connectivity index (χ4n) is 2.66. The lowest BCUT2D eigenvalue weighted by molar-refractivity contribution is -0.128. The van der Waals surface area contributed by atoms with Crippen molar-refractivity contribution in [1.29, 1.82) is 0 Å². The normalized spacial score (nSPS) is 18.0. The third-order valence-corrected chi connectivity index (χ3v) is 4.22. The average Bonchev–Trinajstić information content (AvgIpc) is 2.98. The second kappa shape index (κ2) is 6.05. The topological polar surface area (TPSA) is 49.0 Å². The van der Waals surface area contributed by atoms with E-state index < -0.39 is 23.4 Å². The van der Waals surface area contributed by atoms with E-state index in [9.17, 15) is 18.0 Å². The molecule has 2 heterocycles. The minimum absolute atomic E-state index is 0.0424. The average molecular weight is 364 g/mol. The summed E-state index contributed by atoms with van der Waals surface area (Å²) >= 11 is 11.5. The van der Waals surface area contributed by atoms with E-state index in [2.05, 4.69) is 9.97 Å². The smallest absolute Gasteiger partial charge is 0.223 e. The van der Waals surface area contributed by atoms with Crippen LogP contribution in [0.15, 0.2) is 12.1 Å². The molecule has 0 radical (unpaired) electrons. The maximum atomic E-state index is 13.9. The molecule has 1 fully saturated rings. The van der Waals surface area contributed by atoms with Gasteiger partial charge in [-0.15, -0.1) is 0 Å². The van der Waals surface area contributed by atoms with Crippen molar-refractivity contribution in [3.63, 3.8) is 0 Å². The van der Waals surface area contributed by atoms with Crippen molar-refractivity contribution in [3.8, 4) is 0 Å². The standard InChI is InChI=1S/C14H10Cl2F3N3O/c15-13-10(20-14(16)21-13)5-22-4-6(1-11(22)23)8-2-7(17)3-9(18)12(8)19/h2-3,6H,1,4-5H2,(H,20,21). The Morgan fingerprint density at radius 2 is 2.04 bits per heavy atom. The van der Waals surface area contributed by atoms with Gasteiger partial charge in [-0.3, -0.25) is 4.79 Å². The van der Waals surface area contributed by atoms with Gasteiger partial charge in [-0.25, -0.2) is 18.2 Å². The van der Waals surface area contributed by atoms with Gasteiger partial charge in [0.15, 0.2) is 16.8 Å². The highest BCUT2D eigenvalue weighted by Crippen LogP contribution is 2.32. The second-order valence-corrected chi connectivity index (χ2v) is 5.98. The molecule has 1 aromatic heterocycles. The van der Waals surface area contributed by atoms with Crippen LogP contribution in [0.2, 0.25) is 10.4 Å². The van der Waals surface area contributed by atoms with E-state index >= 15 is 0 Å². The lowest BCUT2D eigenvalue weighted by Crippen LogP contribution is -2.24. The molecule has 2 aromatic rings. The van der Waals surface area contributed by atoms with Gasteiger partial charge in [0, 0.05) is 24.9 Å². The minimum atomic E-state index is -1.27. The number of H-pyrrole nitrogens is 1. The van der Waals surface area contributed by atoms with Crippen LogP contribution in [0.3, 0.4) is 0 Å². The number of amides is 1. The molecule has 3 rings (SSSR count). The van der Waals surface area contributed by atoms with E-state index in [-0.39, 0.29) is 41.4 Å². The number of aromatic nitrogens is 2. The summed E-state index contributed by atoms with van der Waals surface area (Å²) in [7, 11) is 0. The maximum Gasteiger partial charge on any atom is 0.223 e. The fourth-order valence-corrected chi connectivity index (χ4v) is 3.09. The minimum Gasteiger partial charge on any atom is -0.336 e. The summed E-state index contributed by atoms with van der Waals surface area (Å²) in [6.07, 6.45) is -0.0424. The van der Waals surface area contributed by atoms with Gasteiger partial charge >= 0.3 is 0 Å². The zero-order valence-corrected chi connectivity index (χ0v) is 13.1. The van der Waals surface area contributed by atoms with Crippen LogP contribution in [-0.2, 0) is 11.3 Å². The summed E-state index contributed by atoms with van der Waals surface area (Å²) in [6, 6.07) is 1.39. The van der Waals surface area contributed by atoms with Gasteiger partial charge in [0.2, 0.25) is 11.2 Å². The first-order chi connectivity index (χ1) is 10.8. The van der Waals surface area contributed by atoms with E-state index in [1.165, 1.54) is 4.90 Å². The van der Waals surface area contributed by atoms with E-state index in [0.717, 1.165) is 6.07 Å². The molecule has 1 unspecified atom stereocenters. The third-order valence-electron chi connectivity index (χ3n) is 3.72. The van der Waals surface area contributed by atoms with Gasteiger partial charge in [0.25, 0.3) is 0 Å². The number of rotatable bonds is 3. The van der Waals surface area contributed by atoms with Crippen LogP contribution >= 0.6 is 23.2 Å². The predicted molar refractivity (Wildman–Crippen MR) is 77.7 cm³/mol. The Kier molecular flexibility index (Phi) is 4.25. The number of hydrogen-bond donors (Lipinski definition) is 1. The molecule has 1 aliphatic rings. The number of nitrogens with one attached hydrogen (secondary N) is 1. The first-order valence-electron chi connectivity index (χ1n) is 6.67. The molecule has 1 aromatic carbocycles. The highest BCUT2D eigenvalue weighted by Gasteiger charge is 2.34. The third kappa shape index (κ3) is 3.16. The lowest BCUT2D eigenvalue weighted by Gasteiger charge is -2.16. The number of imidazole rings is 1. The van der Waals surface area contributed by atoms with Crippen molar-refractivity contribution in [2.45, 2.75) is 18.9 Å². The molecule has 0 aliphatic carbocycles. The van der Waals surface area contributed by atoms with Gasteiger partial charge in [-0.05, 0) is 23.2 Å². The van der Waals surface area contributed by atoms with Crippen molar-refractivity contribution >= 4 is 29.1 Å². The highest BCUT2D eigenvalue weighted by atomic mass is 35.5. The van der Waals surface area contributed by atoms with E-state index in [1.54, 1.807) is 0 Å². The Balaban J connectivity index is 1.81. The van der Waals surface area contributed by atoms with Crippen molar-refractivity contribution < 1.29 is 18.0 Å². The van der Waals surface area contributed by atoms with Crippen LogP contribution in [-0.4, -0.2) is 27.3 Å². The maximum absolute atomic E-state index is 13.9. The van der Waals surface area contributed by atoms with Gasteiger partial charge in [0.05, 0.1) is 12.2 Å². The number of halogens is 5. The Bertz CT molecular complexity index is 781. The Hall–Kier alpha value is -1.73. The number of carbonyl (C=O) groups excluding carboxylic acids is 1. The van der Waals surface area contributed by atoms with Gasteiger partial charge in [-0.1, -0.05) is 11.6 Å². The summed E-state index contributed by atoms with van der Waals surface area (Å²) in [4.78, 5) is 20.0. The summed E-state index contributed by atoms with van der Waals surface area (Å²) in [6.45, 7) is 0.221. The van der Waals surface area contributed by atoms with Crippen molar-refractivity contribution in [2.75, 3.05) is 6.54 Å². The van der Waals surface area contributed by atoms with Gasteiger partial charge in [0.1, 0.15) is 5.82 Å². The molecule has 23 heavy (non-hydrogen) atoms. The monoisotopic (exact) mass is 363 g/mol. The van der Waals surface area contributed by atoms with Crippen molar-refractivity contribution in [1.82, 2.24) is 14.9 Å². The summed E-state index contributed by atoms with van der Waals surface area (Å²) in [5.41, 5.74) is 0.295. The summed E-state index contributed by atoms with van der Waals surface area (Å²) in [5, 5.41) is 0.223. The van der Waals surface area contributed by atoms with Crippen LogP contribution in [0, 0.1) is 17.5 Å². The SMILES string of the molecule is O=C1CC(c2cc(F)cc(F)c2F)CN1Cc1[nH]c(Cl)nc1Cl. The molecule has 122 valence electrons. The highest BCUT2D eigenvalue weighted by molar-refractivity contribution is 6.32. The Labute approximate surface area is 139 Å². The van der Waals surface area contributed by atoms with Crippen LogP contribution in [0.4, 0.5) is 13.2 Å². The number of likely N-dealkylation sites (tertiary alicyclic amines) is 1. The molecule has 1 saturated heterocycles. The summed E-state index contributed by atoms with van der Waals surface area (Å²) in [5.74, 6) is -4.19. The molecule has 0 spiro atoms. The Morgan fingerprint density at radius 1 is 1.30 bits per heavy atom. The van der Waals surface area contributed by atoms with Gasteiger partial charge in [-0.2, -0.15) is 0 Å². The van der Waals surface area contributed by atoms with Crippen molar-refractivity contribution in [3.05, 3.63) is 51.3 Å². The molecule has 0 bridgehead atoms. The number of hydrogen-bond acceptors (Lipinski definition) is 2. The molecule has 1 amide bonds. The molecular formula is C14H10Cl2F3N3O. The second-order valence-electron chi connectivity index (χ2n) is 5.26. The number of benzene rings is 1. The molecule has 4 nitrogen and oxygen atoms in total. The molecule has 1 aliphatic heterocycles. The lowest BCUT2D eigenvalue weighted by atomic mass is 9.97. The van der Waals surface area contributed by atoms with Crippen LogP contribution in [0.25, 0.3) is 0 Å². The van der Waals surface area contributed by atoms with Crippen LogP contribution in [0.1, 0.15) is 23.6 Å². The largest absolute Gasteiger partial charge is 0.336 e. The fraction of sp³-hybridized carbons (Fsp3) is 0.286. The number of nitrogens with zero attached hydrogens (tertiary/aromatic N) is 2. The van der Waals surface area contributed by atoms with Crippen molar-refractivity contribution in [2.24, 2.45) is 0 Å². The van der Waals surface area contributed by atoms with E-state index in [0.29, 0.717) is 11.8 Å². The van der Waals surface area contributed by atoms with E-state index in [1.807, 2.05) is 0 Å². The molecule has 9 heteroatoms. The number of aromatic amines is 1. The van der Waals surface area contributed by atoms with Gasteiger partial charge < -0.3 is 9.88 Å². The molecule has 1 N–H and O–H groups in total. The molecular weight excluding hydrogens is 354 g/mol. The summed E-state index contributed by atoms with van der Waals surface area (Å²) < 4.78 is 40.5. The van der Waals surface area contributed by atoms with Crippen LogP contribution in [0.5, 0.6) is 0 Å². The molecule has 1 atom stereocenters. The Morgan fingerprint density at radius 3 is 2.70 bits per heavy atom. The zero-order chi connectivity index (χ0) is 16.7.